The summed E-state index contributed by atoms with van der Waals surface area (Å²) in [6.07, 6.45) is 3.33. The first-order valence-electron chi connectivity index (χ1n) is 8.60. The number of rotatable bonds is 7. The second kappa shape index (κ2) is 8.21. The molecule has 0 bridgehead atoms. The summed E-state index contributed by atoms with van der Waals surface area (Å²) in [5.74, 6) is 0.450. The Kier molecular flexibility index (Phi) is 5.97. The maximum atomic E-state index is 12.1. The van der Waals surface area contributed by atoms with Gasteiger partial charge in [-0.3, -0.25) is 0 Å². The molecule has 1 aliphatic rings. The molecule has 2 heterocycles. The van der Waals surface area contributed by atoms with Crippen molar-refractivity contribution < 1.29 is 18.3 Å². The van der Waals surface area contributed by atoms with Crippen LogP contribution in [0, 0.1) is 6.92 Å². The van der Waals surface area contributed by atoms with E-state index in [0.29, 0.717) is 12.4 Å². The summed E-state index contributed by atoms with van der Waals surface area (Å²) in [5.41, 5.74) is 1.45. The Labute approximate surface area is 152 Å². The van der Waals surface area contributed by atoms with Gasteiger partial charge in [0.25, 0.3) is 0 Å². The average Bonchev–Trinajstić information content (AvgIpc) is 3.09. The van der Waals surface area contributed by atoms with Crippen molar-refractivity contribution in [3.05, 3.63) is 23.8 Å². The van der Waals surface area contributed by atoms with Gasteiger partial charge < -0.3 is 9.84 Å². The van der Waals surface area contributed by atoms with Gasteiger partial charge in [0.1, 0.15) is 0 Å². The van der Waals surface area contributed by atoms with Crippen LogP contribution in [-0.2, 0) is 21.3 Å². The van der Waals surface area contributed by atoms with E-state index in [4.69, 9.17) is 9.84 Å². The van der Waals surface area contributed by atoms with Crippen molar-refractivity contribution in [1.82, 2.24) is 24.9 Å². The predicted octanol–water partition coefficient (Wildman–Crippen LogP) is 0.488. The standard InChI is InChI=1S/C16H23N5O4S/c1-12-10-14(26(23,24)17-7-8-22)5-6-15(12)16-18-20-21(19-16)11-13-4-2-3-9-25-13/h5-6,10,13,17,22H,2-4,7-9,11H2,1H3. The number of nitrogens with one attached hydrogen (secondary N) is 1. The first kappa shape index (κ1) is 18.9. The number of aliphatic hydroxyl groups excluding tert-OH is 1. The molecule has 26 heavy (non-hydrogen) atoms. The van der Waals surface area contributed by atoms with E-state index in [0.717, 1.165) is 37.0 Å². The minimum atomic E-state index is -3.65. The summed E-state index contributed by atoms with van der Waals surface area (Å²) in [5, 5.41) is 21.3. The number of ether oxygens (including phenoxy) is 1. The fraction of sp³-hybridized carbons (Fsp3) is 0.562. The molecule has 3 rings (SSSR count). The second-order valence-electron chi connectivity index (χ2n) is 6.25. The van der Waals surface area contributed by atoms with E-state index < -0.39 is 10.0 Å². The highest BCUT2D eigenvalue weighted by Crippen LogP contribution is 2.23. The SMILES string of the molecule is Cc1cc(S(=O)(=O)NCCO)ccc1-c1nnn(CC2CCCCO2)n1. The van der Waals surface area contributed by atoms with Crippen LogP contribution in [0.2, 0.25) is 0 Å². The number of hydrogen-bond donors (Lipinski definition) is 2. The fourth-order valence-corrected chi connectivity index (χ4v) is 3.99. The van der Waals surface area contributed by atoms with Crippen LogP contribution in [0.1, 0.15) is 24.8 Å². The molecule has 1 saturated heterocycles. The van der Waals surface area contributed by atoms with Gasteiger partial charge >= 0.3 is 0 Å². The molecule has 1 aliphatic heterocycles. The molecule has 0 amide bonds. The highest BCUT2D eigenvalue weighted by atomic mass is 32.2. The summed E-state index contributed by atoms with van der Waals surface area (Å²) in [7, 11) is -3.65. The van der Waals surface area contributed by atoms with Crippen LogP contribution in [0.15, 0.2) is 23.1 Å². The minimum Gasteiger partial charge on any atom is -0.395 e. The van der Waals surface area contributed by atoms with Crippen molar-refractivity contribution >= 4 is 10.0 Å². The summed E-state index contributed by atoms with van der Waals surface area (Å²) in [4.78, 5) is 1.66. The average molecular weight is 381 g/mol. The maximum absolute atomic E-state index is 12.1. The Balaban J connectivity index is 1.75. The molecule has 1 aromatic heterocycles. The molecule has 1 atom stereocenters. The Hall–Kier alpha value is -1.88. The van der Waals surface area contributed by atoms with Crippen molar-refractivity contribution in [2.45, 2.75) is 43.7 Å². The first-order chi connectivity index (χ1) is 12.5. The van der Waals surface area contributed by atoms with Crippen molar-refractivity contribution in [3.63, 3.8) is 0 Å². The maximum Gasteiger partial charge on any atom is 0.240 e. The lowest BCUT2D eigenvalue weighted by atomic mass is 10.1. The molecule has 0 saturated carbocycles. The van der Waals surface area contributed by atoms with E-state index in [1.807, 2.05) is 0 Å². The topological polar surface area (TPSA) is 119 Å². The Morgan fingerprint density at radius 3 is 2.92 bits per heavy atom. The van der Waals surface area contributed by atoms with Crippen LogP contribution in [0.25, 0.3) is 11.4 Å². The Bertz CT molecular complexity index is 846. The van der Waals surface area contributed by atoms with Gasteiger partial charge in [-0.05, 0) is 55.2 Å². The fourth-order valence-electron chi connectivity index (χ4n) is 2.88. The Morgan fingerprint density at radius 1 is 1.38 bits per heavy atom. The molecule has 0 spiro atoms. The zero-order chi connectivity index (χ0) is 18.6. The van der Waals surface area contributed by atoms with E-state index >= 15 is 0 Å². The van der Waals surface area contributed by atoms with E-state index in [1.54, 1.807) is 19.1 Å². The van der Waals surface area contributed by atoms with Crippen LogP contribution in [0.3, 0.4) is 0 Å². The van der Waals surface area contributed by atoms with Crippen LogP contribution >= 0.6 is 0 Å². The normalized spacial score (nSPS) is 18.2. The third kappa shape index (κ3) is 4.44. The molecule has 1 fully saturated rings. The van der Waals surface area contributed by atoms with E-state index in [1.165, 1.54) is 10.9 Å². The number of aryl methyl sites for hydroxylation is 1. The molecule has 2 N–H and O–H groups in total. The van der Waals surface area contributed by atoms with Gasteiger partial charge in [0.2, 0.25) is 15.8 Å². The lowest BCUT2D eigenvalue weighted by Crippen LogP contribution is -2.26. The summed E-state index contributed by atoms with van der Waals surface area (Å²) < 4.78 is 32.3. The lowest BCUT2D eigenvalue weighted by Gasteiger charge is -2.21. The minimum absolute atomic E-state index is 0.0255. The number of sulfonamides is 1. The lowest BCUT2D eigenvalue weighted by molar-refractivity contribution is 0.00133. The first-order valence-corrected chi connectivity index (χ1v) is 10.1. The van der Waals surface area contributed by atoms with Crippen molar-refractivity contribution in [1.29, 1.82) is 0 Å². The van der Waals surface area contributed by atoms with Gasteiger partial charge in [-0.25, -0.2) is 13.1 Å². The van der Waals surface area contributed by atoms with E-state index in [9.17, 15) is 8.42 Å². The summed E-state index contributed by atoms with van der Waals surface area (Å²) >= 11 is 0. The largest absolute Gasteiger partial charge is 0.395 e. The van der Waals surface area contributed by atoms with Crippen LogP contribution in [-0.4, -0.2) is 59.6 Å². The zero-order valence-corrected chi connectivity index (χ0v) is 15.4. The highest BCUT2D eigenvalue weighted by Gasteiger charge is 2.18. The molecule has 0 aliphatic carbocycles. The Morgan fingerprint density at radius 2 is 2.23 bits per heavy atom. The number of hydrogen-bond acceptors (Lipinski definition) is 7. The van der Waals surface area contributed by atoms with Gasteiger partial charge in [-0.15, -0.1) is 10.2 Å². The molecule has 10 heteroatoms. The molecule has 1 aromatic carbocycles. The molecule has 9 nitrogen and oxygen atoms in total. The third-order valence-corrected chi connectivity index (χ3v) is 5.71. The van der Waals surface area contributed by atoms with E-state index in [-0.39, 0.29) is 24.2 Å². The second-order valence-corrected chi connectivity index (χ2v) is 8.02. The molecule has 1 unspecified atom stereocenters. The van der Waals surface area contributed by atoms with Gasteiger partial charge in [0.05, 0.1) is 24.2 Å². The van der Waals surface area contributed by atoms with Crippen LogP contribution in [0.4, 0.5) is 0 Å². The highest BCUT2D eigenvalue weighted by molar-refractivity contribution is 7.89. The quantitative estimate of drug-likeness (QED) is 0.716. The molecule has 142 valence electrons. The van der Waals surface area contributed by atoms with Gasteiger partial charge in [-0.1, -0.05) is 0 Å². The summed E-state index contributed by atoms with van der Waals surface area (Å²) in [6.45, 7) is 2.84. The smallest absolute Gasteiger partial charge is 0.240 e. The molecule has 2 aromatic rings. The van der Waals surface area contributed by atoms with Gasteiger partial charge in [-0.2, -0.15) is 4.80 Å². The summed E-state index contributed by atoms with van der Waals surface area (Å²) in [6, 6.07) is 4.72. The van der Waals surface area contributed by atoms with Crippen molar-refractivity contribution in [2.75, 3.05) is 19.8 Å². The molecular weight excluding hydrogens is 358 g/mol. The number of nitrogens with zero attached hydrogens (tertiary/aromatic N) is 4. The van der Waals surface area contributed by atoms with Gasteiger partial charge in [0.15, 0.2) is 0 Å². The van der Waals surface area contributed by atoms with E-state index in [2.05, 4.69) is 20.1 Å². The molecular formula is C16H23N5O4S. The van der Waals surface area contributed by atoms with Crippen molar-refractivity contribution in [2.24, 2.45) is 0 Å². The molecule has 0 radical (unpaired) electrons. The monoisotopic (exact) mass is 381 g/mol. The number of tetrazole rings is 1. The number of aromatic nitrogens is 4. The van der Waals surface area contributed by atoms with Crippen LogP contribution < -0.4 is 4.72 Å². The zero-order valence-electron chi connectivity index (χ0n) is 14.6. The number of aliphatic hydroxyl groups is 1. The van der Waals surface area contributed by atoms with Gasteiger partial charge in [0, 0.05) is 18.7 Å². The third-order valence-electron chi connectivity index (χ3n) is 4.25. The van der Waals surface area contributed by atoms with Crippen LogP contribution in [0.5, 0.6) is 0 Å². The predicted molar refractivity (Wildman–Crippen MR) is 93.9 cm³/mol. The number of benzene rings is 1. The van der Waals surface area contributed by atoms with Crippen molar-refractivity contribution in [3.8, 4) is 11.4 Å².